The first-order valence-corrected chi connectivity index (χ1v) is 5.90. The van der Waals surface area contributed by atoms with Crippen LogP contribution in [0.2, 0.25) is 0 Å². The highest BCUT2D eigenvalue weighted by atomic mass is 19.1. The first-order valence-electron chi connectivity index (χ1n) is 5.90. The van der Waals surface area contributed by atoms with Crippen molar-refractivity contribution in [2.24, 2.45) is 5.92 Å². The third-order valence-electron chi connectivity index (χ3n) is 3.61. The van der Waals surface area contributed by atoms with Crippen molar-refractivity contribution in [2.75, 3.05) is 13.1 Å². The number of piperidine rings is 1. The van der Waals surface area contributed by atoms with Gasteiger partial charge in [-0.2, -0.15) is 0 Å². The van der Waals surface area contributed by atoms with Gasteiger partial charge in [-0.25, -0.2) is 8.78 Å². The second-order valence-electron chi connectivity index (χ2n) is 4.80. The predicted molar refractivity (Wildman–Crippen MR) is 61.5 cm³/mol. The molecule has 0 aromatic heterocycles. The lowest BCUT2D eigenvalue weighted by molar-refractivity contribution is -0.0217. The molecular weight excluding hydrogens is 224 g/mol. The quantitative estimate of drug-likeness (QED) is 0.831. The Balaban J connectivity index is 2.32. The highest BCUT2D eigenvalue weighted by molar-refractivity contribution is 5.25. The van der Waals surface area contributed by atoms with Crippen LogP contribution in [0.3, 0.4) is 0 Å². The zero-order valence-corrected chi connectivity index (χ0v) is 9.84. The Hall–Kier alpha value is -1.00. The van der Waals surface area contributed by atoms with Gasteiger partial charge in [-0.15, -0.1) is 0 Å². The molecule has 0 amide bonds. The number of benzene rings is 1. The molecule has 1 aromatic rings. The van der Waals surface area contributed by atoms with Crippen LogP contribution in [0.5, 0.6) is 0 Å². The van der Waals surface area contributed by atoms with E-state index in [1.54, 1.807) is 6.92 Å². The third kappa shape index (κ3) is 2.48. The molecule has 2 nitrogen and oxygen atoms in total. The summed E-state index contributed by atoms with van der Waals surface area (Å²) in [5.74, 6) is -1.11. The fourth-order valence-electron chi connectivity index (χ4n) is 2.49. The van der Waals surface area contributed by atoms with E-state index in [1.165, 1.54) is 0 Å². The van der Waals surface area contributed by atoms with Crippen molar-refractivity contribution >= 4 is 0 Å². The van der Waals surface area contributed by atoms with Crippen molar-refractivity contribution in [3.63, 3.8) is 0 Å². The van der Waals surface area contributed by atoms with Gasteiger partial charge in [0.2, 0.25) is 0 Å². The van der Waals surface area contributed by atoms with Crippen LogP contribution >= 0.6 is 0 Å². The number of rotatable bonds is 2. The van der Waals surface area contributed by atoms with Crippen LogP contribution < -0.4 is 5.32 Å². The third-order valence-corrected chi connectivity index (χ3v) is 3.61. The van der Waals surface area contributed by atoms with Crippen molar-refractivity contribution in [1.82, 2.24) is 5.32 Å². The molecular formula is C13H17F2NO. The highest BCUT2D eigenvalue weighted by Gasteiger charge is 2.36. The van der Waals surface area contributed by atoms with Crippen molar-refractivity contribution in [1.29, 1.82) is 0 Å². The lowest BCUT2D eigenvalue weighted by atomic mass is 9.77. The fraction of sp³-hybridized carbons (Fsp3) is 0.538. The van der Waals surface area contributed by atoms with Gasteiger partial charge in [-0.1, -0.05) is 0 Å². The summed E-state index contributed by atoms with van der Waals surface area (Å²) >= 11 is 0. The first-order chi connectivity index (χ1) is 8.01. The second-order valence-corrected chi connectivity index (χ2v) is 4.80. The minimum absolute atomic E-state index is 0.0416. The molecule has 0 aliphatic carbocycles. The number of nitrogens with one attached hydrogen (secondary N) is 1. The fourth-order valence-corrected chi connectivity index (χ4v) is 2.49. The maximum atomic E-state index is 13.7. The molecule has 0 spiro atoms. The standard InChI is InChI=1S/C13H17F2NO/c1-13(17,9-4-6-16-7-5-9)11-8-10(14)2-3-12(11)15/h2-3,8-9,16-17H,4-7H2,1H3. The van der Waals surface area contributed by atoms with Crippen molar-refractivity contribution in [3.05, 3.63) is 35.4 Å². The Morgan fingerprint density at radius 2 is 1.94 bits per heavy atom. The zero-order valence-electron chi connectivity index (χ0n) is 9.84. The number of hydrogen-bond acceptors (Lipinski definition) is 2. The Kier molecular flexibility index (Phi) is 3.45. The smallest absolute Gasteiger partial charge is 0.129 e. The average Bonchev–Trinajstić information content (AvgIpc) is 2.33. The summed E-state index contributed by atoms with van der Waals surface area (Å²) in [6, 6.07) is 3.23. The number of aliphatic hydroxyl groups is 1. The van der Waals surface area contributed by atoms with E-state index in [9.17, 15) is 13.9 Å². The van der Waals surface area contributed by atoms with Crippen molar-refractivity contribution in [2.45, 2.75) is 25.4 Å². The van der Waals surface area contributed by atoms with E-state index < -0.39 is 17.2 Å². The van der Waals surface area contributed by atoms with Crippen LogP contribution in [0.25, 0.3) is 0 Å². The minimum Gasteiger partial charge on any atom is -0.385 e. The van der Waals surface area contributed by atoms with Crippen LogP contribution in [0, 0.1) is 17.6 Å². The summed E-state index contributed by atoms with van der Waals surface area (Å²) in [5, 5.41) is 13.7. The number of hydrogen-bond donors (Lipinski definition) is 2. The van der Waals surface area contributed by atoms with E-state index in [4.69, 9.17) is 0 Å². The molecule has 1 aromatic carbocycles. The van der Waals surface area contributed by atoms with Gasteiger partial charge in [0.15, 0.2) is 0 Å². The van der Waals surface area contributed by atoms with E-state index in [-0.39, 0.29) is 11.5 Å². The van der Waals surface area contributed by atoms with Crippen LogP contribution in [0.15, 0.2) is 18.2 Å². The van der Waals surface area contributed by atoms with E-state index in [1.807, 2.05) is 0 Å². The summed E-state index contributed by atoms with van der Waals surface area (Å²) in [5.41, 5.74) is -1.25. The summed E-state index contributed by atoms with van der Waals surface area (Å²) in [6.45, 7) is 3.18. The van der Waals surface area contributed by atoms with Crippen LogP contribution in [-0.4, -0.2) is 18.2 Å². The lowest BCUT2D eigenvalue weighted by Gasteiger charge is -2.36. The Bertz CT molecular complexity index is 400. The van der Waals surface area contributed by atoms with Crippen LogP contribution in [0.4, 0.5) is 8.78 Å². The molecule has 94 valence electrons. The molecule has 1 fully saturated rings. The summed E-state index contributed by atoms with van der Waals surface area (Å²) in [4.78, 5) is 0. The molecule has 1 aliphatic heterocycles. The molecule has 1 unspecified atom stereocenters. The molecule has 2 rings (SSSR count). The summed E-state index contributed by atoms with van der Waals surface area (Å²) < 4.78 is 26.8. The summed E-state index contributed by atoms with van der Waals surface area (Å²) in [7, 11) is 0. The van der Waals surface area contributed by atoms with Crippen molar-refractivity contribution in [3.8, 4) is 0 Å². The molecule has 4 heteroatoms. The van der Waals surface area contributed by atoms with Gasteiger partial charge >= 0.3 is 0 Å². The largest absolute Gasteiger partial charge is 0.385 e. The highest BCUT2D eigenvalue weighted by Crippen LogP contribution is 2.36. The van der Waals surface area contributed by atoms with Gasteiger partial charge in [0.25, 0.3) is 0 Å². The Morgan fingerprint density at radius 1 is 1.29 bits per heavy atom. The van der Waals surface area contributed by atoms with Gasteiger partial charge in [0, 0.05) is 5.56 Å². The Morgan fingerprint density at radius 3 is 2.59 bits per heavy atom. The maximum Gasteiger partial charge on any atom is 0.129 e. The number of halogens is 2. The van der Waals surface area contributed by atoms with Crippen molar-refractivity contribution < 1.29 is 13.9 Å². The molecule has 2 N–H and O–H groups in total. The normalized spacial score (nSPS) is 21.2. The molecule has 0 bridgehead atoms. The molecule has 17 heavy (non-hydrogen) atoms. The molecule has 0 saturated carbocycles. The topological polar surface area (TPSA) is 32.3 Å². The van der Waals surface area contributed by atoms with E-state index >= 15 is 0 Å². The second kappa shape index (κ2) is 4.70. The molecule has 1 heterocycles. The van der Waals surface area contributed by atoms with Gasteiger partial charge < -0.3 is 10.4 Å². The van der Waals surface area contributed by atoms with Crippen LogP contribution in [0.1, 0.15) is 25.3 Å². The van der Waals surface area contributed by atoms with Gasteiger partial charge in [0.05, 0.1) is 5.60 Å². The predicted octanol–water partition coefficient (Wildman–Crippen LogP) is 2.17. The van der Waals surface area contributed by atoms with E-state index in [2.05, 4.69) is 5.32 Å². The van der Waals surface area contributed by atoms with Crippen LogP contribution in [-0.2, 0) is 5.60 Å². The minimum atomic E-state index is -1.31. The summed E-state index contributed by atoms with van der Waals surface area (Å²) in [6.07, 6.45) is 1.53. The van der Waals surface area contributed by atoms with E-state index in [0.29, 0.717) is 0 Å². The maximum absolute atomic E-state index is 13.7. The zero-order chi connectivity index (χ0) is 12.5. The lowest BCUT2D eigenvalue weighted by Crippen LogP contribution is -2.40. The van der Waals surface area contributed by atoms with Gasteiger partial charge in [0.1, 0.15) is 11.6 Å². The molecule has 0 radical (unpaired) electrons. The molecule has 1 saturated heterocycles. The molecule has 1 aliphatic rings. The molecule has 1 atom stereocenters. The average molecular weight is 241 g/mol. The van der Waals surface area contributed by atoms with Gasteiger partial charge in [-0.05, 0) is 57.0 Å². The van der Waals surface area contributed by atoms with E-state index in [0.717, 1.165) is 44.1 Å². The SMILES string of the molecule is CC(O)(c1cc(F)ccc1F)C1CCNCC1. The first kappa shape index (κ1) is 12.5. The van der Waals surface area contributed by atoms with Gasteiger partial charge in [-0.3, -0.25) is 0 Å². The monoisotopic (exact) mass is 241 g/mol. The Labute approximate surface area is 99.7 Å².